The summed E-state index contributed by atoms with van der Waals surface area (Å²) in [7, 11) is 0. The van der Waals surface area contributed by atoms with Crippen LogP contribution in [0.3, 0.4) is 0 Å². The van der Waals surface area contributed by atoms with Gasteiger partial charge in [-0.15, -0.1) is 0 Å². The standard InChI is InChI=1S/C2H4O2.3CH2O3/c1-2(3)4;3*2-1(3)4/h1H3,(H,3,4);3*(H2,2,3,4). The maximum Gasteiger partial charge on any atom is 0.503 e. The molecular formula is C5H10O11. The topological polar surface area (TPSA) is 210 Å². The zero-order valence-corrected chi connectivity index (χ0v) is 7.76. The molecule has 0 saturated carbocycles. The van der Waals surface area contributed by atoms with Crippen molar-refractivity contribution in [2.45, 2.75) is 6.92 Å². The number of rotatable bonds is 0. The maximum atomic E-state index is 9.00. The molecule has 0 aliphatic carbocycles. The minimum atomic E-state index is -1.83. The first-order chi connectivity index (χ1) is 6.93. The van der Waals surface area contributed by atoms with Crippen LogP contribution in [0.4, 0.5) is 14.4 Å². The minimum Gasteiger partial charge on any atom is -0.481 e. The van der Waals surface area contributed by atoms with Crippen LogP contribution in [0.5, 0.6) is 0 Å². The molecular weight excluding hydrogens is 236 g/mol. The van der Waals surface area contributed by atoms with Crippen molar-refractivity contribution in [2.75, 3.05) is 0 Å². The lowest BCUT2D eigenvalue weighted by Crippen LogP contribution is -1.81. The Morgan fingerprint density at radius 3 is 0.562 bits per heavy atom. The monoisotopic (exact) mass is 246 g/mol. The first-order valence-corrected chi connectivity index (χ1v) is 2.88. The van der Waals surface area contributed by atoms with Crippen molar-refractivity contribution in [3.05, 3.63) is 0 Å². The molecule has 0 aromatic carbocycles. The number of carboxylic acid groups (broad SMARTS) is 7. The summed E-state index contributed by atoms with van der Waals surface area (Å²) in [4.78, 5) is 34.7. The van der Waals surface area contributed by atoms with Crippen LogP contribution in [-0.4, -0.2) is 60.2 Å². The predicted octanol–water partition coefficient (Wildman–Crippen LogP) is 0.758. The number of carboxylic acids is 1. The average Bonchev–Trinajstić information content (AvgIpc) is 1.76. The molecule has 0 rings (SSSR count). The lowest BCUT2D eigenvalue weighted by molar-refractivity contribution is -0.134. The van der Waals surface area contributed by atoms with Gasteiger partial charge < -0.3 is 35.7 Å². The highest BCUT2D eigenvalue weighted by Crippen LogP contribution is 1.43. The molecule has 0 heterocycles. The van der Waals surface area contributed by atoms with E-state index in [2.05, 4.69) is 0 Å². The van der Waals surface area contributed by atoms with Gasteiger partial charge in [0.25, 0.3) is 5.97 Å². The fourth-order valence-electron chi connectivity index (χ4n) is 0. The van der Waals surface area contributed by atoms with E-state index in [9.17, 15) is 0 Å². The Hall–Kier alpha value is -2.72. The summed E-state index contributed by atoms with van der Waals surface area (Å²) in [6.45, 7) is 1.08. The van der Waals surface area contributed by atoms with Crippen molar-refractivity contribution in [1.82, 2.24) is 0 Å². The Kier molecular flexibility index (Phi) is 26.4. The predicted molar refractivity (Wildman–Crippen MR) is 45.3 cm³/mol. The minimum absolute atomic E-state index is 0.833. The molecule has 0 saturated heterocycles. The summed E-state index contributed by atoms with van der Waals surface area (Å²) in [5.41, 5.74) is 0. The summed E-state index contributed by atoms with van der Waals surface area (Å²) in [6.07, 6.45) is -5.50. The summed E-state index contributed by atoms with van der Waals surface area (Å²) in [5, 5.41) is 49.2. The molecule has 0 unspecified atom stereocenters. The van der Waals surface area contributed by atoms with E-state index >= 15 is 0 Å². The molecule has 96 valence electrons. The van der Waals surface area contributed by atoms with Gasteiger partial charge in [-0.05, 0) is 0 Å². The summed E-state index contributed by atoms with van der Waals surface area (Å²) >= 11 is 0. The number of aliphatic carboxylic acids is 1. The second-order valence-electron chi connectivity index (χ2n) is 1.37. The summed E-state index contributed by atoms with van der Waals surface area (Å²) in [6, 6.07) is 0. The molecule has 11 nitrogen and oxygen atoms in total. The van der Waals surface area contributed by atoms with E-state index < -0.39 is 24.4 Å². The van der Waals surface area contributed by atoms with Gasteiger partial charge in [-0.1, -0.05) is 0 Å². The Bertz CT molecular complexity index is 154. The molecule has 0 amide bonds. The van der Waals surface area contributed by atoms with E-state index in [4.69, 9.17) is 54.9 Å². The van der Waals surface area contributed by atoms with Gasteiger partial charge in [0.1, 0.15) is 0 Å². The van der Waals surface area contributed by atoms with Crippen molar-refractivity contribution < 1.29 is 54.9 Å². The normalized spacial score (nSPS) is 6.06. The second-order valence-corrected chi connectivity index (χ2v) is 1.37. The van der Waals surface area contributed by atoms with Gasteiger partial charge in [-0.2, -0.15) is 0 Å². The third-order valence-electron chi connectivity index (χ3n) is 0. The van der Waals surface area contributed by atoms with Gasteiger partial charge in [-0.3, -0.25) is 4.79 Å². The molecule has 0 aromatic rings. The molecule has 16 heavy (non-hydrogen) atoms. The zero-order valence-electron chi connectivity index (χ0n) is 7.76. The molecule has 7 N–H and O–H groups in total. The Morgan fingerprint density at radius 1 is 0.562 bits per heavy atom. The molecule has 0 aliphatic rings. The van der Waals surface area contributed by atoms with Gasteiger partial charge in [0.05, 0.1) is 0 Å². The van der Waals surface area contributed by atoms with Gasteiger partial charge in [-0.25, -0.2) is 14.4 Å². The first-order valence-electron chi connectivity index (χ1n) is 2.88. The van der Waals surface area contributed by atoms with Crippen LogP contribution in [0.2, 0.25) is 0 Å². The molecule has 0 atom stereocenters. The third kappa shape index (κ3) is 161. The van der Waals surface area contributed by atoms with Crippen LogP contribution < -0.4 is 0 Å². The van der Waals surface area contributed by atoms with E-state index in [1.54, 1.807) is 0 Å². The molecule has 0 spiro atoms. The molecule has 11 heteroatoms. The number of hydrogen-bond acceptors (Lipinski definition) is 4. The van der Waals surface area contributed by atoms with Crippen LogP contribution in [0, 0.1) is 0 Å². The van der Waals surface area contributed by atoms with E-state index in [0.29, 0.717) is 0 Å². The second kappa shape index (κ2) is 18.1. The highest BCUT2D eigenvalue weighted by Gasteiger charge is 1.71. The Morgan fingerprint density at radius 2 is 0.562 bits per heavy atom. The fourth-order valence-corrected chi connectivity index (χ4v) is 0. The van der Waals surface area contributed by atoms with Crippen molar-refractivity contribution in [3.63, 3.8) is 0 Å². The van der Waals surface area contributed by atoms with Gasteiger partial charge in [0.2, 0.25) is 0 Å². The van der Waals surface area contributed by atoms with Crippen LogP contribution in [0.25, 0.3) is 0 Å². The van der Waals surface area contributed by atoms with Gasteiger partial charge >= 0.3 is 18.5 Å². The van der Waals surface area contributed by atoms with Crippen LogP contribution in [0.15, 0.2) is 0 Å². The van der Waals surface area contributed by atoms with Crippen LogP contribution in [0.1, 0.15) is 6.92 Å². The third-order valence-corrected chi connectivity index (χ3v) is 0. The van der Waals surface area contributed by atoms with Crippen LogP contribution >= 0.6 is 0 Å². The highest BCUT2D eigenvalue weighted by atomic mass is 16.6. The fraction of sp³-hybridized carbons (Fsp3) is 0.200. The molecule has 0 bridgehead atoms. The average molecular weight is 246 g/mol. The van der Waals surface area contributed by atoms with Gasteiger partial charge in [0.15, 0.2) is 0 Å². The van der Waals surface area contributed by atoms with E-state index in [-0.39, 0.29) is 0 Å². The molecule has 0 radical (unpaired) electrons. The number of hydrogen-bond donors (Lipinski definition) is 7. The molecule has 0 aromatic heterocycles. The van der Waals surface area contributed by atoms with E-state index in [1.165, 1.54) is 0 Å². The maximum absolute atomic E-state index is 9.00. The Balaban J connectivity index is -0.0000000600. The Labute approximate surface area is 87.4 Å². The highest BCUT2D eigenvalue weighted by molar-refractivity contribution is 5.62. The first kappa shape index (κ1) is 23.3. The number of carbonyl (C=O) groups is 4. The van der Waals surface area contributed by atoms with Crippen molar-refractivity contribution in [1.29, 1.82) is 0 Å². The lowest BCUT2D eigenvalue weighted by Gasteiger charge is -1.60. The van der Waals surface area contributed by atoms with E-state index in [1.807, 2.05) is 0 Å². The zero-order chi connectivity index (χ0) is 14.3. The molecule has 0 aliphatic heterocycles. The SMILES string of the molecule is CC(=O)O.O=C(O)O.O=C(O)O.O=C(O)O. The quantitative estimate of drug-likeness (QED) is 0.316. The molecule has 0 fully saturated rings. The van der Waals surface area contributed by atoms with Crippen molar-refractivity contribution >= 4 is 24.4 Å². The summed E-state index contributed by atoms with van der Waals surface area (Å²) in [5.74, 6) is -0.833. The van der Waals surface area contributed by atoms with E-state index in [0.717, 1.165) is 6.92 Å². The lowest BCUT2D eigenvalue weighted by atomic mass is 10.9. The largest absolute Gasteiger partial charge is 0.503 e. The van der Waals surface area contributed by atoms with Crippen molar-refractivity contribution in [2.24, 2.45) is 0 Å². The van der Waals surface area contributed by atoms with Gasteiger partial charge in [0, 0.05) is 6.92 Å². The van der Waals surface area contributed by atoms with Crippen LogP contribution in [-0.2, 0) is 4.79 Å². The van der Waals surface area contributed by atoms with Crippen molar-refractivity contribution in [3.8, 4) is 0 Å². The summed E-state index contributed by atoms with van der Waals surface area (Å²) < 4.78 is 0. The smallest absolute Gasteiger partial charge is 0.481 e.